The molecular weight excluding hydrogens is 298 g/mol. The predicted molar refractivity (Wildman–Crippen MR) is 81.8 cm³/mol. The highest BCUT2D eigenvalue weighted by Gasteiger charge is 2.43. The number of rotatable bonds is 2. The number of fused-ring (bicyclic) bond motifs is 1. The second-order valence-corrected chi connectivity index (χ2v) is 6.31. The van der Waals surface area contributed by atoms with Crippen molar-refractivity contribution < 1.29 is 14.5 Å². The first-order valence-electron chi connectivity index (χ1n) is 7.15. The van der Waals surface area contributed by atoms with Crippen molar-refractivity contribution in [2.45, 2.75) is 27.2 Å². The van der Waals surface area contributed by atoms with E-state index in [0.717, 1.165) is 0 Å². The minimum absolute atomic E-state index is 0.0157. The van der Waals surface area contributed by atoms with Crippen molar-refractivity contribution in [2.24, 2.45) is 5.41 Å². The number of ketones is 2. The monoisotopic (exact) mass is 313 g/mol. The van der Waals surface area contributed by atoms with E-state index in [2.05, 4.69) is 5.10 Å². The number of aromatic nitrogens is 2. The van der Waals surface area contributed by atoms with Crippen LogP contribution in [0.15, 0.2) is 24.3 Å². The van der Waals surface area contributed by atoms with Crippen LogP contribution in [0, 0.1) is 22.5 Å². The normalized spacial score (nSPS) is 16.3. The molecule has 0 N–H and O–H groups in total. The SMILES string of the molecule is Cc1nn(-c2ccc([N+](=O)[O-])cc2)c2c1C(=O)C(=O)C(C)(C)C2. The van der Waals surface area contributed by atoms with Gasteiger partial charge in [0.05, 0.1) is 27.6 Å². The first-order valence-corrected chi connectivity index (χ1v) is 7.15. The molecule has 3 rings (SSSR count). The van der Waals surface area contributed by atoms with Crippen LogP contribution in [-0.2, 0) is 11.2 Å². The second-order valence-electron chi connectivity index (χ2n) is 6.31. The molecule has 1 aromatic carbocycles. The van der Waals surface area contributed by atoms with Gasteiger partial charge >= 0.3 is 0 Å². The summed E-state index contributed by atoms with van der Waals surface area (Å²) in [6, 6.07) is 5.94. The number of carbonyl (C=O) groups is 2. The number of nitro groups is 1. The fourth-order valence-corrected chi connectivity index (χ4v) is 2.88. The third-order valence-electron chi connectivity index (χ3n) is 4.12. The van der Waals surface area contributed by atoms with Gasteiger partial charge in [0, 0.05) is 24.0 Å². The van der Waals surface area contributed by atoms with Crippen molar-refractivity contribution in [2.75, 3.05) is 0 Å². The average molecular weight is 313 g/mol. The van der Waals surface area contributed by atoms with Crippen LogP contribution < -0.4 is 0 Å². The van der Waals surface area contributed by atoms with Crippen molar-refractivity contribution in [1.29, 1.82) is 0 Å². The number of aryl methyl sites for hydroxylation is 1. The number of nitro benzene ring substituents is 1. The maximum atomic E-state index is 12.3. The minimum atomic E-state index is -0.783. The number of hydrogen-bond acceptors (Lipinski definition) is 5. The molecule has 1 aliphatic rings. The largest absolute Gasteiger partial charge is 0.290 e. The summed E-state index contributed by atoms with van der Waals surface area (Å²) in [7, 11) is 0. The number of hydrogen-bond donors (Lipinski definition) is 0. The molecule has 7 nitrogen and oxygen atoms in total. The molecule has 0 saturated carbocycles. The van der Waals surface area contributed by atoms with Gasteiger partial charge in [0.1, 0.15) is 0 Å². The fourth-order valence-electron chi connectivity index (χ4n) is 2.88. The fraction of sp³-hybridized carbons (Fsp3) is 0.312. The van der Waals surface area contributed by atoms with Crippen LogP contribution in [0.25, 0.3) is 5.69 Å². The zero-order valence-electron chi connectivity index (χ0n) is 13.0. The van der Waals surface area contributed by atoms with E-state index in [4.69, 9.17) is 0 Å². The van der Waals surface area contributed by atoms with E-state index < -0.39 is 21.9 Å². The van der Waals surface area contributed by atoms with Crippen LogP contribution in [0.4, 0.5) is 5.69 Å². The number of Topliss-reactive ketones (excluding diaryl/α,β-unsaturated/α-hetero) is 2. The summed E-state index contributed by atoms with van der Waals surface area (Å²) in [5.74, 6) is -0.918. The smallest absolute Gasteiger partial charge is 0.269 e. The molecule has 1 aromatic heterocycles. The van der Waals surface area contributed by atoms with Crippen LogP contribution in [0.1, 0.15) is 35.6 Å². The van der Waals surface area contributed by atoms with E-state index in [1.54, 1.807) is 37.6 Å². The molecule has 1 heterocycles. The quantitative estimate of drug-likeness (QED) is 0.482. The van der Waals surface area contributed by atoms with Gasteiger partial charge in [-0.15, -0.1) is 0 Å². The molecule has 0 unspecified atom stereocenters. The Morgan fingerprint density at radius 1 is 1.22 bits per heavy atom. The summed E-state index contributed by atoms with van der Waals surface area (Å²) in [6.45, 7) is 5.15. The van der Waals surface area contributed by atoms with E-state index in [9.17, 15) is 19.7 Å². The lowest BCUT2D eigenvalue weighted by Crippen LogP contribution is -2.39. The van der Waals surface area contributed by atoms with Crippen LogP contribution >= 0.6 is 0 Å². The number of carbonyl (C=O) groups excluding carboxylic acids is 2. The van der Waals surface area contributed by atoms with E-state index in [1.807, 2.05) is 0 Å². The van der Waals surface area contributed by atoms with Crippen molar-refractivity contribution in [1.82, 2.24) is 9.78 Å². The van der Waals surface area contributed by atoms with Gasteiger partial charge in [-0.25, -0.2) is 4.68 Å². The first-order chi connectivity index (χ1) is 10.7. The standard InChI is InChI=1S/C16H15N3O4/c1-9-13-12(8-16(2,3)15(21)14(13)20)18(17-9)10-4-6-11(7-5-10)19(22)23/h4-7H,8H2,1-3H3. The lowest BCUT2D eigenvalue weighted by atomic mass is 9.74. The van der Waals surface area contributed by atoms with Gasteiger partial charge in [-0.3, -0.25) is 19.7 Å². The van der Waals surface area contributed by atoms with Gasteiger partial charge in [0.2, 0.25) is 11.6 Å². The average Bonchev–Trinajstić information content (AvgIpc) is 2.81. The van der Waals surface area contributed by atoms with E-state index in [-0.39, 0.29) is 5.69 Å². The zero-order chi connectivity index (χ0) is 16.9. The van der Waals surface area contributed by atoms with E-state index in [0.29, 0.717) is 29.1 Å². The summed E-state index contributed by atoms with van der Waals surface area (Å²) in [4.78, 5) is 34.8. The molecule has 1 aliphatic carbocycles. The Morgan fingerprint density at radius 2 is 1.83 bits per heavy atom. The molecular formula is C16H15N3O4. The Morgan fingerprint density at radius 3 is 2.39 bits per heavy atom. The number of non-ortho nitro benzene ring substituents is 1. The van der Waals surface area contributed by atoms with E-state index in [1.165, 1.54) is 12.1 Å². The topological polar surface area (TPSA) is 95.1 Å². The highest BCUT2D eigenvalue weighted by Crippen LogP contribution is 2.34. The summed E-state index contributed by atoms with van der Waals surface area (Å²) >= 11 is 0. The number of benzene rings is 1. The highest BCUT2D eigenvalue weighted by atomic mass is 16.6. The van der Waals surface area contributed by atoms with Crippen LogP contribution in [-0.4, -0.2) is 26.3 Å². The second kappa shape index (κ2) is 4.84. The third kappa shape index (κ3) is 2.25. The molecule has 118 valence electrons. The molecule has 0 atom stereocenters. The van der Waals surface area contributed by atoms with E-state index >= 15 is 0 Å². The Labute approximate surface area is 132 Å². The molecule has 0 radical (unpaired) electrons. The Bertz CT molecular complexity index is 847. The molecule has 0 aliphatic heterocycles. The van der Waals surface area contributed by atoms with Crippen LogP contribution in [0.2, 0.25) is 0 Å². The lowest BCUT2D eigenvalue weighted by molar-refractivity contribution is -0.384. The zero-order valence-corrected chi connectivity index (χ0v) is 13.0. The van der Waals surface area contributed by atoms with Crippen molar-refractivity contribution in [3.8, 4) is 5.69 Å². The van der Waals surface area contributed by atoms with Gasteiger partial charge in [-0.1, -0.05) is 13.8 Å². The molecule has 7 heteroatoms. The van der Waals surface area contributed by atoms with Gasteiger partial charge < -0.3 is 0 Å². The van der Waals surface area contributed by atoms with Gasteiger partial charge in [0.25, 0.3) is 5.69 Å². The minimum Gasteiger partial charge on any atom is -0.290 e. The molecule has 0 amide bonds. The molecule has 2 aromatic rings. The van der Waals surface area contributed by atoms with Crippen LogP contribution in [0.3, 0.4) is 0 Å². The maximum absolute atomic E-state index is 12.3. The Hall–Kier alpha value is -2.83. The summed E-state index contributed by atoms with van der Waals surface area (Å²) in [5, 5.41) is 15.1. The molecule has 0 bridgehead atoms. The van der Waals surface area contributed by atoms with Gasteiger partial charge in [0.15, 0.2) is 0 Å². The third-order valence-corrected chi connectivity index (χ3v) is 4.12. The Balaban J connectivity index is 2.15. The summed E-state index contributed by atoms with van der Waals surface area (Å²) < 4.78 is 1.60. The molecule has 0 saturated heterocycles. The lowest BCUT2D eigenvalue weighted by Gasteiger charge is -2.27. The number of nitrogens with zero attached hydrogens (tertiary/aromatic N) is 3. The molecule has 0 spiro atoms. The first kappa shape index (κ1) is 15.1. The predicted octanol–water partition coefficient (Wildman–Crippen LogP) is 2.42. The molecule has 0 fully saturated rings. The Kier molecular flexibility index (Phi) is 3.17. The van der Waals surface area contributed by atoms with Gasteiger partial charge in [-0.2, -0.15) is 5.10 Å². The summed E-state index contributed by atoms with van der Waals surface area (Å²) in [5.41, 5.74) is 1.34. The van der Waals surface area contributed by atoms with Crippen LogP contribution in [0.5, 0.6) is 0 Å². The molecule has 23 heavy (non-hydrogen) atoms. The maximum Gasteiger partial charge on any atom is 0.269 e. The summed E-state index contributed by atoms with van der Waals surface area (Å²) in [6.07, 6.45) is 0.394. The van der Waals surface area contributed by atoms with Gasteiger partial charge in [-0.05, 0) is 19.1 Å². The highest BCUT2D eigenvalue weighted by molar-refractivity contribution is 6.46. The van der Waals surface area contributed by atoms with Crippen molar-refractivity contribution in [3.63, 3.8) is 0 Å². The van der Waals surface area contributed by atoms with Crippen molar-refractivity contribution in [3.05, 3.63) is 51.3 Å². The van der Waals surface area contributed by atoms with Crippen molar-refractivity contribution >= 4 is 17.3 Å².